The number of carbonyl (C=O) groups excluding carboxylic acids is 1. The first-order valence-electron chi connectivity index (χ1n) is 6.43. The molecule has 0 bridgehead atoms. The zero-order chi connectivity index (χ0) is 14.0. The standard InChI is InChI=1S/C14H19FN2OS/c1-16(2)11-4-3-7-17(9-11)14(18)10-5-6-12(15)13(19)8-10/h5-6,8,11,19H,3-4,7,9H2,1-2H3. The van der Waals surface area contributed by atoms with Gasteiger partial charge in [0.1, 0.15) is 5.82 Å². The number of hydrogen-bond donors (Lipinski definition) is 1. The number of thiol groups is 1. The van der Waals surface area contributed by atoms with E-state index in [0.717, 1.165) is 25.9 Å². The second-order valence-corrected chi connectivity index (χ2v) is 5.66. The van der Waals surface area contributed by atoms with Crippen LogP contribution in [0.2, 0.25) is 0 Å². The van der Waals surface area contributed by atoms with Crippen molar-refractivity contribution in [3.05, 3.63) is 29.6 Å². The third-order valence-electron chi connectivity index (χ3n) is 3.61. The highest BCUT2D eigenvalue weighted by Crippen LogP contribution is 2.19. The lowest BCUT2D eigenvalue weighted by Crippen LogP contribution is -2.47. The van der Waals surface area contributed by atoms with Crippen molar-refractivity contribution in [3.8, 4) is 0 Å². The van der Waals surface area contributed by atoms with Crippen LogP contribution in [0.15, 0.2) is 23.1 Å². The first-order valence-corrected chi connectivity index (χ1v) is 6.88. The van der Waals surface area contributed by atoms with Crippen LogP contribution in [0.3, 0.4) is 0 Å². The third-order valence-corrected chi connectivity index (χ3v) is 3.95. The van der Waals surface area contributed by atoms with Crippen LogP contribution in [-0.4, -0.2) is 48.9 Å². The van der Waals surface area contributed by atoms with E-state index in [1.54, 1.807) is 0 Å². The second kappa shape index (κ2) is 5.92. The lowest BCUT2D eigenvalue weighted by Gasteiger charge is -2.36. The Bertz CT molecular complexity index is 479. The summed E-state index contributed by atoms with van der Waals surface area (Å²) >= 11 is 4.02. The van der Waals surface area contributed by atoms with Crippen molar-refractivity contribution in [1.82, 2.24) is 9.80 Å². The Kier molecular flexibility index (Phi) is 4.47. The molecule has 5 heteroatoms. The fraction of sp³-hybridized carbons (Fsp3) is 0.500. The maximum Gasteiger partial charge on any atom is 0.253 e. The molecule has 1 atom stereocenters. The fourth-order valence-electron chi connectivity index (χ4n) is 2.39. The summed E-state index contributed by atoms with van der Waals surface area (Å²) in [6.07, 6.45) is 2.11. The van der Waals surface area contributed by atoms with Crippen LogP contribution in [0.4, 0.5) is 4.39 Å². The van der Waals surface area contributed by atoms with E-state index in [2.05, 4.69) is 17.5 Å². The lowest BCUT2D eigenvalue weighted by molar-refractivity contribution is 0.0635. The largest absolute Gasteiger partial charge is 0.337 e. The van der Waals surface area contributed by atoms with E-state index in [4.69, 9.17) is 0 Å². The van der Waals surface area contributed by atoms with Crippen molar-refractivity contribution >= 4 is 18.5 Å². The molecule has 2 rings (SSSR count). The minimum Gasteiger partial charge on any atom is -0.337 e. The molecule has 0 aromatic heterocycles. The van der Waals surface area contributed by atoms with Gasteiger partial charge in [-0.1, -0.05) is 0 Å². The smallest absolute Gasteiger partial charge is 0.253 e. The molecule has 0 radical (unpaired) electrons. The third kappa shape index (κ3) is 3.28. The molecule has 3 nitrogen and oxygen atoms in total. The number of halogens is 1. The molecule has 1 fully saturated rings. The Morgan fingerprint density at radius 2 is 2.21 bits per heavy atom. The maximum absolute atomic E-state index is 13.2. The van der Waals surface area contributed by atoms with Gasteiger partial charge in [0.25, 0.3) is 5.91 Å². The molecular formula is C14H19FN2OS. The summed E-state index contributed by atoms with van der Waals surface area (Å²) in [4.78, 5) is 16.6. The van der Waals surface area contributed by atoms with Crippen molar-refractivity contribution in [1.29, 1.82) is 0 Å². The lowest BCUT2D eigenvalue weighted by atomic mass is 10.0. The molecular weight excluding hydrogens is 263 g/mol. The number of amides is 1. The highest BCUT2D eigenvalue weighted by atomic mass is 32.1. The number of likely N-dealkylation sites (tertiary alicyclic amines) is 1. The average Bonchev–Trinajstić information content (AvgIpc) is 2.41. The Hall–Kier alpha value is -1.07. The van der Waals surface area contributed by atoms with E-state index in [1.165, 1.54) is 18.2 Å². The summed E-state index contributed by atoms with van der Waals surface area (Å²) in [5.41, 5.74) is 0.505. The van der Waals surface area contributed by atoms with Gasteiger partial charge in [-0.3, -0.25) is 4.79 Å². The van der Waals surface area contributed by atoms with E-state index in [1.807, 2.05) is 19.0 Å². The predicted molar refractivity (Wildman–Crippen MR) is 76.3 cm³/mol. The second-order valence-electron chi connectivity index (χ2n) is 5.18. The van der Waals surface area contributed by atoms with E-state index >= 15 is 0 Å². The van der Waals surface area contributed by atoms with Crippen LogP contribution in [0.5, 0.6) is 0 Å². The number of likely N-dealkylation sites (N-methyl/N-ethyl adjacent to an activating group) is 1. The van der Waals surface area contributed by atoms with Crippen molar-refractivity contribution in [2.24, 2.45) is 0 Å². The molecule has 19 heavy (non-hydrogen) atoms. The van der Waals surface area contributed by atoms with E-state index in [9.17, 15) is 9.18 Å². The van der Waals surface area contributed by atoms with Gasteiger partial charge in [-0.05, 0) is 45.1 Å². The minimum absolute atomic E-state index is 0.0400. The molecule has 104 valence electrons. The Morgan fingerprint density at radius 1 is 1.47 bits per heavy atom. The monoisotopic (exact) mass is 282 g/mol. The summed E-state index contributed by atoms with van der Waals surface area (Å²) in [7, 11) is 4.06. The van der Waals surface area contributed by atoms with Gasteiger partial charge < -0.3 is 9.80 Å². The normalized spacial score (nSPS) is 19.8. The molecule has 0 saturated carbocycles. The summed E-state index contributed by atoms with van der Waals surface area (Å²) in [5.74, 6) is -0.438. The molecule has 1 amide bonds. The number of carbonyl (C=O) groups is 1. The van der Waals surface area contributed by atoms with Crippen LogP contribution >= 0.6 is 12.6 Å². The van der Waals surface area contributed by atoms with Crippen LogP contribution in [0.1, 0.15) is 23.2 Å². The van der Waals surface area contributed by atoms with Crippen LogP contribution < -0.4 is 0 Å². The quantitative estimate of drug-likeness (QED) is 0.841. The van der Waals surface area contributed by atoms with E-state index < -0.39 is 5.82 Å². The molecule has 1 aromatic carbocycles. The van der Waals surface area contributed by atoms with Crippen LogP contribution in [0, 0.1) is 5.82 Å². The fourth-order valence-corrected chi connectivity index (χ4v) is 2.60. The molecule has 1 aromatic rings. The number of piperidine rings is 1. The van der Waals surface area contributed by atoms with Gasteiger partial charge in [-0.15, -0.1) is 12.6 Å². The van der Waals surface area contributed by atoms with Crippen molar-refractivity contribution in [2.75, 3.05) is 27.2 Å². The molecule has 1 aliphatic heterocycles. The number of nitrogens with zero attached hydrogens (tertiary/aromatic N) is 2. The maximum atomic E-state index is 13.2. The Morgan fingerprint density at radius 3 is 2.84 bits per heavy atom. The molecule has 1 unspecified atom stereocenters. The summed E-state index contributed by atoms with van der Waals surface area (Å²) in [6, 6.07) is 4.72. The van der Waals surface area contributed by atoms with Crippen LogP contribution in [0.25, 0.3) is 0 Å². The summed E-state index contributed by atoms with van der Waals surface area (Å²) in [6.45, 7) is 1.49. The zero-order valence-corrected chi connectivity index (χ0v) is 12.2. The average molecular weight is 282 g/mol. The molecule has 1 heterocycles. The molecule has 0 spiro atoms. The highest BCUT2D eigenvalue weighted by Gasteiger charge is 2.25. The first-order chi connectivity index (χ1) is 8.99. The van der Waals surface area contributed by atoms with Gasteiger partial charge in [0.15, 0.2) is 0 Å². The highest BCUT2D eigenvalue weighted by molar-refractivity contribution is 7.80. The molecule has 1 saturated heterocycles. The number of hydrogen-bond acceptors (Lipinski definition) is 3. The topological polar surface area (TPSA) is 23.6 Å². The van der Waals surface area contributed by atoms with Crippen molar-refractivity contribution in [2.45, 2.75) is 23.8 Å². The summed E-state index contributed by atoms with van der Waals surface area (Å²) < 4.78 is 13.2. The number of rotatable bonds is 2. The zero-order valence-electron chi connectivity index (χ0n) is 11.3. The SMILES string of the molecule is CN(C)C1CCCN(C(=O)c2ccc(F)c(S)c2)C1. The predicted octanol–water partition coefficient (Wildman–Crippen LogP) is 2.28. The van der Waals surface area contributed by atoms with Crippen molar-refractivity contribution in [3.63, 3.8) is 0 Å². The number of benzene rings is 1. The van der Waals surface area contributed by atoms with Gasteiger partial charge >= 0.3 is 0 Å². The molecule has 0 aliphatic carbocycles. The van der Waals surface area contributed by atoms with E-state index in [-0.39, 0.29) is 10.8 Å². The first kappa shape index (κ1) is 14.3. The van der Waals surface area contributed by atoms with Gasteiger partial charge in [0.05, 0.1) is 0 Å². The minimum atomic E-state index is -0.398. The Labute approximate surface area is 118 Å². The van der Waals surface area contributed by atoms with Crippen molar-refractivity contribution < 1.29 is 9.18 Å². The van der Waals surface area contributed by atoms with Gasteiger partial charge in [0, 0.05) is 29.6 Å². The van der Waals surface area contributed by atoms with Gasteiger partial charge in [-0.25, -0.2) is 4.39 Å². The molecule has 0 N–H and O–H groups in total. The Balaban J connectivity index is 2.12. The van der Waals surface area contributed by atoms with Gasteiger partial charge in [-0.2, -0.15) is 0 Å². The summed E-state index contributed by atoms with van der Waals surface area (Å²) in [5, 5.41) is 0. The van der Waals surface area contributed by atoms with Crippen LogP contribution in [-0.2, 0) is 0 Å². The molecule has 1 aliphatic rings. The van der Waals surface area contributed by atoms with Gasteiger partial charge in [0.2, 0.25) is 0 Å². The van der Waals surface area contributed by atoms with E-state index in [0.29, 0.717) is 11.6 Å².